The second-order valence-corrected chi connectivity index (χ2v) is 6.64. The van der Waals surface area contributed by atoms with Gasteiger partial charge in [-0.25, -0.2) is 4.68 Å². The molecule has 0 fully saturated rings. The minimum Gasteiger partial charge on any atom is -0.452 e. The number of fused-ring (bicyclic) bond motifs is 1. The Morgan fingerprint density at radius 1 is 1.13 bits per heavy atom. The summed E-state index contributed by atoms with van der Waals surface area (Å²) in [6.07, 6.45) is -1.21. The number of ether oxygens (including phenoxy) is 1. The van der Waals surface area contributed by atoms with Gasteiger partial charge in [0.2, 0.25) is 0 Å². The Hall–Kier alpha value is -3.88. The molecule has 30 heavy (non-hydrogen) atoms. The van der Waals surface area contributed by atoms with Gasteiger partial charge >= 0.3 is 5.97 Å². The van der Waals surface area contributed by atoms with Crippen LogP contribution in [0.3, 0.4) is 0 Å². The molecule has 3 aromatic rings. The van der Waals surface area contributed by atoms with Crippen molar-refractivity contribution < 1.29 is 19.1 Å². The van der Waals surface area contributed by atoms with Crippen LogP contribution in [0.2, 0.25) is 0 Å². The fraction of sp³-hybridized carbons (Fsp3) is 0.238. The van der Waals surface area contributed by atoms with E-state index in [4.69, 9.17) is 4.74 Å². The number of aryl methyl sites for hydroxylation is 1. The number of benzene rings is 2. The standard InChI is InChI=1S/C21H20N4O5/c1-13(26)15-6-5-7-16(12-15)22-20(28)14(2)30-19(27)10-11-25-21(29)17-8-3-4-9-18(17)23-24-25/h3-9,12,14H,10-11H2,1-2H3,(H,22,28). The maximum Gasteiger partial charge on any atom is 0.308 e. The van der Waals surface area contributed by atoms with Crippen molar-refractivity contribution in [1.82, 2.24) is 15.0 Å². The van der Waals surface area contributed by atoms with E-state index in [0.29, 0.717) is 22.2 Å². The molecule has 1 aromatic heterocycles. The first-order valence-corrected chi connectivity index (χ1v) is 9.29. The number of rotatable bonds is 7. The number of nitrogens with zero attached hydrogens (tertiary/aromatic N) is 3. The number of carbonyl (C=O) groups is 3. The van der Waals surface area contributed by atoms with E-state index < -0.39 is 18.0 Å². The predicted octanol–water partition coefficient (Wildman–Crippen LogP) is 1.95. The van der Waals surface area contributed by atoms with Crippen molar-refractivity contribution in [2.24, 2.45) is 0 Å². The molecule has 1 N–H and O–H groups in total. The summed E-state index contributed by atoms with van der Waals surface area (Å²) in [4.78, 5) is 48.1. The third-order valence-electron chi connectivity index (χ3n) is 4.37. The zero-order valence-electron chi connectivity index (χ0n) is 16.5. The number of ketones is 1. The van der Waals surface area contributed by atoms with Crippen molar-refractivity contribution in [3.8, 4) is 0 Å². The van der Waals surface area contributed by atoms with E-state index in [1.54, 1.807) is 48.5 Å². The normalized spacial score (nSPS) is 11.7. The highest BCUT2D eigenvalue weighted by Gasteiger charge is 2.18. The van der Waals surface area contributed by atoms with Gasteiger partial charge in [-0.05, 0) is 38.1 Å². The Morgan fingerprint density at radius 2 is 1.90 bits per heavy atom. The molecule has 0 saturated carbocycles. The molecule has 154 valence electrons. The van der Waals surface area contributed by atoms with Crippen LogP contribution < -0.4 is 10.9 Å². The number of hydrogen-bond acceptors (Lipinski definition) is 7. The van der Waals surface area contributed by atoms with Gasteiger partial charge in [0.1, 0.15) is 5.52 Å². The van der Waals surface area contributed by atoms with Crippen LogP contribution in [0, 0.1) is 0 Å². The Kier molecular flexibility index (Phi) is 6.31. The SMILES string of the molecule is CC(=O)c1cccc(NC(=O)C(C)OC(=O)CCn2nnc3ccccc3c2=O)c1. The van der Waals surface area contributed by atoms with Crippen LogP contribution in [0.25, 0.3) is 10.9 Å². The molecule has 0 aliphatic rings. The van der Waals surface area contributed by atoms with Gasteiger partial charge in [-0.1, -0.05) is 29.5 Å². The van der Waals surface area contributed by atoms with Crippen molar-refractivity contribution in [3.63, 3.8) is 0 Å². The number of nitrogens with one attached hydrogen (secondary N) is 1. The highest BCUT2D eigenvalue weighted by molar-refractivity contribution is 5.98. The Bertz CT molecular complexity index is 1170. The first-order chi connectivity index (χ1) is 14.3. The Balaban J connectivity index is 1.56. The van der Waals surface area contributed by atoms with Crippen LogP contribution in [0.4, 0.5) is 5.69 Å². The van der Waals surface area contributed by atoms with Crippen LogP contribution in [0.5, 0.6) is 0 Å². The summed E-state index contributed by atoms with van der Waals surface area (Å²) in [5, 5.41) is 10.8. The maximum atomic E-state index is 12.4. The number of esters is 1. The highest BCUT2D eigenvalue weighted by atomic mass is 16.5. The molecular weight excluding hydrogens is 388 g/mol. The molecule has 0 aliphatic carbocycles. The molecule has 0 bridgehead atoms. The molecule has 2 aromatic carbocycles. The van der Waals surface area contributed by atoms with Crippen LogP contribution >= 0.6 is 0 Å². The van der Waals surface area contributed by atoms with Gasteiger partial charge in [0, 0.05) is 11.3 Å². The lowest BCUT2D eigenvalue weighted by Crippen LogP contribution is -2.31. The monoisotopic (exact) mass is 408 g/mol. The summed E-state index contributed by atoms with van der Waals surface area (Å²) >= 11 is 0. The summed E-state index contributed by atoms with van der Waals surface area (Å²) < 4.78 is 6.21. The van der Waals surface area contributed by atoms with E-state index >= 15 is 0 Å². The summed E-state index contributed by atoms with van der Waals surface area (Å²) in [5.74, 6) is -1.32. The average molecular weight is 408 g/mol. The molecule has 1 amide bonds. The molecule has 0 aliphatic heterocycles. The van der Waals surface area contributed by atoms with Crippen molar-refractivity contribution in [1.29, 1.82) is 0 Å². The number of anilines is 1. The maximum absolute atomic E-state index is 12.4. The van der Waals surface area contributed by atoms with Crippen LogP contribution in [-0.2, 0) is 20.9 Å². The molecule has 0 radical (unpaired) electrons. The van der Waals surface area contributed by atoms with Crippen molar-refractivity contribution >= 4 is 34.3 Å². The van der Waals surface area contributed by atoms with E-state index in [1.165, 1.54) is 13.8 Å². The quantitative estimate of drug-likeness (QED) is 0.469. The lowest BCUT2D eigenvalue weighted by Gasteiger charge is -2.14. The first-order valence-electron chi connectivity index (χ1n) is 9.29. The van der Waals surface area contributed by atoms with Gasteiger partial charge in [-0.2, -0.15) is 0 Å². The number of carbonyl (C=O) groups excluding carboxylic acids is 3. The van der Waals surface area contributed by atoms with Gasteiger partial charge in [-0.3, -0.25) is 19.2 Å². The van der Waals surface area contributed by atoms with E-state index in [1.807, 2.05) is 0 Å². The Labute approximate surface area is 171 Å². The lowest BCUT2D eigenvalue weighted by atomic mass is 10.1. The third-order valence-corrected chi connectivity index (χ3v) is 4.37. The second kappa shape index (κ2) is 9.08. The number of Topliss-reactive ketones (excluding diaryl/α,β-unsaturated/α-hetero) is 1. The molecule has 0 spiro atoms. The zero-order chi connectivity index (χ0) is 21.7. The van der Waals surface area contributed by atoms with Crippen molar-refractivity contribution in [2.45, 2.75) is 32.9 Å². The van der Waals surface area contributed by atoms with E-state index in [0.717, 1.165) is 4.68 Å². The van der Waals surface area contributed by atoms with Gasteiger partial charge in [0.05, 0.1) is 18.4 Å². The lowest BCUT2D eigenvalue weighted by molar-refractivity contribution is -0.153. The first kappa shape index (κ1) is 20.8. The molecule has 0 saturated heterocycles. The zero-order valence-corrected chi connectivity index (χ0v) is 16.5. The van der Waals surface area contributed by atoms with Gasteiger partial charge < -0.3 is 10.1 Å². The molecule has 1 unspecified atom stereocenters. The third kappa shape index (κ3) is 4.93. The number of aromatic nitrogens is 3. The fourth-order valence-corrected chi connectivity index (χ4v) is 2.74. The molecule has 1 heterocycles. The topological polar surface area (TPSA) is 120 Å². The molecular formula is C21H20N4O5. The van der Waals surface area contributed by atoms with E-state index in [2.05, 4.69) is 15.6 Å². The summed E-state index contributed by atoms with van der Waals surface area (Å²) in [6.45, 7) is 2.84. The number of amides is 1. The van der Waals surface area contributed by atoms with Crippen LogP contribution in [-0.4, -0.2) is 38.8 Å². The molecule has 1 atom stereocenters. The minimum atomic E-state index is -1.06. The fourth-order valence-electron chi connectivity index (χ4n) is 2.74. The average Bonchev–Trinajstić information content (AvgIpc) is 2.73. The molecule has 9 heteroatoms. The largest absolute Gasteiger partial charge is 0.452 e. The Morgan fingerprint density at radius 3 is 2.67 bits per heavy atom. The minimum absolute atomic E-state index is 0.0233. The molecule has 9 nitrogen and oxygen atoms in total. The van der Waals surface area contributed by atoms with Gasteiger partial charge in [0.25, 0.3) is 11.5 Å². The second-order valence-electron chi connectivity index (χ2n) is 6.64. The van der Waals surface area contributed by atoms with Crippen molar-refractivity contribution in [2.75, 3.05) is 5.32 Å². The van der Waals surface area contributed by atoms with Gasteiger partial charge in [-0.15, -0.1) is 5.10 Å². The smallest absolute Gasteiger partial charge is 0.308 e. The summed E-state index contributed by atoms with van der Waals surface area (Å²) in [6, 6.07) is 13.2. The van der Waals surface area contributed by atoms with Crippen LogP contribution in [0.1, 0.15) is 30.6 Å². The van der Waals surface area contributed by atoms with E-state index in [-0.39, 0.29) is 24.3 Å². The summed E-state index contributed by atoms with van der Waals surface area (Å²) in [7, 11) is 0. The van der Waals surface area contributed by atoms with Crippen molar-refractivity contribution in [3.05, 3.63) is 64.4 Å². The highest BCUT2D eigenvalue weighted by Crippen LogP contribution is 2.12. The van der Waals surface area contributed by atoms with Crippen LogP contribution in [0.15, 0.2) is 53.3 Å². The number of hydrogen-bond donors (Lipinski definition) is 1. The molecule has 3 rings (SSSR count). The predicted molar refractivity (Wildman–Crippen MR) is 109 cm³/mol. The van der Waals surface area contributed by atoms with E-state index in [9.17, 15) is 19.2 Å². The van der Waals surface area contributed by atoms with Gasteiger partial charge in [0.15, 0.2) is 11.9 Å². The summed E-state index contributed by atoms with van der Waals surface area (Å²) in [5.41, 5.74) is 0.998.